The van der Waals surface area contributed by atoms with Gasteiger partial charge in [0.1, 0.15) is 6.04 Å². The molecule has 0 bridgehead atoms. The predicted molar refractivity (Wildman–Crippen MR) is 60.9 cm³/mol. The lowest BCUT2D eigenvalue weighted by atomic mass is 10.0. The van der Waals surface area contributed by atoms with E-state index in [1.807, 2.05) is 6.08 Å². The van der Waals surface area contributed by atoms with Crippen LogP contribution in [-0.2, 0) is 9.59 Å². The van der Waals surface area contributed by atoms with Gasteiger partial charge in [0, 0.05) is 6.42 Å². The summed E-state index contributed by atoms with van der Waals surface area (Å²) in [6.07, 6.45) is 6.50. The van der Waals surface area contributed by atoms with Crippen molar-refractivity contribution in [3.63, 3.8) is 0 Å². The Labute approximate surface area is 95.7 Å². The maximum absolute atomic E-state index is 11.6. The molecule has 16 heavy (non-hydrogen) atoms. The molecule has 0 saturated heterocycles. The number of hydrogen-bond acceptors (Lipinski definition) is 2. The van der Waals surface area contributed by atoms with Crippen LogP contribution in [0.3, 0.4) is 0 Å². The highest BCUT2D eigenvalue weighted by Crippen LogP contribution is 2.20. The molecule has 4 nitrogen and oxygen atoms in total. The van der Waals surface area contributed by atoms with E-state index in [1.165, 1.54) is 0 Å². The number of carboxylic acids is 1. The average molecular weight is 225 g/mol. The predicted octanol–water partition coefficient (Wildman–Crippen LogP) is 1.57. The fraction of sp³-hybridized carbons (Fsp3) is 0.667. The Hall–Kier alpha value is -1.32. The van der Waals surface area contributed by atoms with E-state index in [1.54, 1.807) is 13.8 Å². The lowest BCUT2D eigenvalue weighted by Gasteiger charge is -2.18. The monoisotopic (exact) mass is 225 g/mol. The van der Waals surface area contributed by atoms with Crippen LogP contribution in [0, 0.1) is 11.8 Å². The van der Waals surface area contributed by atoms with E-state index in [-0.39, 0.29) is 17.7 Å². The molecule has 90 valence electrons. The van der Waals surface area contributed by atoms with E-state index >= 15 is 0 Å². The highest BCUT2D eigenvalue weighted by molar-refractivity contribution is 5.83. The molecule has 0 saturated carbocycles. The highest BCUT2D eigenvalue weighted by atomic mass is 16.4. The van der Waals surface area contributed by atoms with Crippen LogP contribution in [0.5, 0.6) is 0 Å². The van der Waals surface area contributed by atoms with Crippen LogP contribution in [0.25, 0.3) is 0 Å². The minimum atomic E-state index is -0.967. The second kappa shape index (κ2) is 5.68. The molecular formula is C12H19NO3. The first-order valence-corrected chi connectivity index (χ1v) is 5.69. The number of aliphatic carboxylic acids is 1. The van der Waals surface area contributed by atoms with Gasteiger partial charge in [-0.25, -0.2) is 4.79 Å². The van der Waals surface area contributed by atoms with Crippen LogP contribution in [-0.4, -0.2) is 23.0 Å². The SMILES string of the molecule is CC(C)C(NC(=O)CC1C=CCC1)C(=O)O. The van der Waals surface area contributed by atoms with Gasteiger partial charge in [-0.3, -0.25) is 4.79 Å². The number of amides is 1. The maximum Gasteiger partial charge on any atom is 0.326 e. The Bertz CT molecular complexity index is 297. The third kappa shape index (κ3) is 3.68. The molecule has 1 amide bonds. The lowest BCUT2D eigenvalue weighted by Crippen LogP contribution is -2.44. The Morgan fingerprint density at radius 3 is 2.62 bits per heavy atom. The van der Waals surface area contributed by atoms with Crippen molar-refractivity contribution in [1.82, 2.24) is 5.32 Å². The minimum absolute atomic E-state index is 0.0967. The van der Waals surface area contributed by atoms with E-state index in [9.17, 15) is 9.59 Å². The van der Waals surface area contributed by atoms with E-state index in [4.69, 9.17) is 5.11 Å². The molecular weight excluding hydrogens is 206 g/mol. The number of carbonyl (C=O) groups excluding carboxylic acids is 1. The van der Waals surface area contributed by atoms with E-state index in [0.29, 0.717) is 6.42 Å². The number of nitrogens with one attached hydrogen (secondary N) is 1. The van der Waals surface area contributed by atoms with Crippen LogP contribution in [0.15, 0.2) is 12.2 Å². The first-order chi connectivity index (χ1) is 7.50. The molecule has 2 unspecified atom stereocenters. The number of allylic oxidation sites excluding steroid dienone is 2. The van der Waals surface area contributed by atoms with Crippen molar-refractivity contribution in [1.29, 1.82) is 0 Å². The smallest absolute Gasteiger partial charge is 0.326 e. The van der Waals surface area contributed by atoms with Gasteiger partial charge in [0.05, 0.1) is 0 Å². The zero-order chi connectivity index (χ0) is 12.1. The van der Waals surface area contributed by atoms with Crippen molar-refractivity contribution in [2.45, 2.75) is 39.2 Å². The molecule has 0 heterocycles. The quantitative estimate of drug-likeness (QED) is 0.698. The van der Waals surface area contributed by atoms with Crippen LogP contribution in [0.1, 0.15) is 33.1 Å². The molecule has 0 aromatic heterocycles. The van der Waals surface area contributed by atoms with Crippen molar-refractivity contribution in [3.05, 3.63) is 12.2 Å². The summed E-state index contributed by atoms with van der Waals surface area (Å²) in [6, 6.07) is -0.780. The van der Waals surface area contributed by atoms with Gasteiger partial charge in [-0.2, -0.15) is 0 Å². The molecule has 0 aromatic rings. The van der Waals surface area contributed by atoms with Gasteiger partial charge in [-0.15, -0.1) is 0 Å². The molecule has 0 spiro atoms. The standard InChI is InChI=1S/C12H19NO3/c1-8(2)11(12(15)16)13-10(14)7-9-5-3-4-6-9/h3,5,8-9,11H,4,6-7H2,1-2H3,(H,13,14)(H,15,16). The molecule has 0 aromatic carbocycles. The second-order valence-corrected chi connectivity index (χ2v) is 4.60. The van der Waals surface area contributed by atoms with Crippen LogP contribution < -0.4 is 5.32 Å². The summed E-state index contributed by atoms with van der Waals surface area (Å²) in [5, 5.41) is 11.5. The van der Waals surface area contributed by atoms with Crippen molar-refractivity contribution in [2.75, 3.05) is 0 Å². The largest absolute Gasteiger partial charge is 0.480 e. The third-order valence-corrected chi connectivity index (χ3v) is 2.81. The number of hydrogen-bond donors (Lipinski definition) is 2. The van der Waals surface area contributed by atoms with Crippen molar-refractivity contribution in [3.8, 4) is 0 Å². The van der Waals surface area contributed by atoms with Gasteiger partial charge in [0.15, 0.2) is 0 Å². The van der Waals surface area contributed by atoms with Crippen molar-refractivity contribution >= 4 is 11.9 Å². The molecule has 1 rings (SSSR count). The fourth-order valence-electron chi connectivity index (χ4n) is 1.85. The molecule has 0 fully saturated rings. The molecule has 0 aliphatic heterocycles. The first kappa shape index (κ1) is 12.7. The molecule has 1 aliphatic rings. The number of carboxylic acid groups (broad SMARTS) is 1. The van der Waals surface area contributed by atoms with Gasteiger partial charge < -0.3 is 10.4 Å². The van der Waals surface area contributed by atoms with Gasteiger partial charge in [0.2, 0.25) is 5.91 Å². The number of rotatable bonds is 5. The lowest BCUT2D eigenvalue weighted by molar-refractivity contribution is -0.143. The van der Waals surface area contributed by atoms with Gasteiger partial charge >= 0.3 is 5.97 Å². The Balaban J connectivity index is 2.42. The summed E-state index contributed by atoms with van der Waals surface area (Å²) in [5.41, 5.74) is 0. The summed E-state index contributed by atoms with van der Waals surface area (Å²) >= 11 is 0. The summed E-state index contributed by atoms with van der Waals surface area (Å²) in [7, 11) is 0. The van der Waals surface area contributed by atoms with Crippen molar-refractivity contribution in [2.24, 2.45) is 11.8 Å². The number of carbonyl (C=O) groups is 2. The van der Waals surface area contributed by atoms with Gasteiger partial charge in [-0.1, -0.05) is 26.0 Å². The topological polar surface area (TPSA) is 66.4 Å². The summed E-state index contributed by atoms with van der Waals surface area (Å²) < 4.78 is 0. The molecule has 0 radical (unpaired) electrons. The van der Waals surface area contributed by atoms with Crippen LogP contribution in [0.4, 0.5) is 0 Å². The Morgan fingerprint density at radius 2 is 2.19 bits per heavy atom. The second-order valence-electron chi connectivity index (χ2n) is 4.60. The molecule has 2 atom stereocenters. The fourth-order valence-corrected chi connectivity index (χ4v) is 1.85. The molecule has 1 aliphatic carbocycles. The summed E-state index contributed by atoms with van der Waals surface area (Å²) in [5.74, 6) is -0.954. The average Bonchev–Trinajstić information content (AvgIpc) is 2.65. The highest BCUT2D eigenvalue weighted by Gasteiger charge is 2.24. The maximum atomic E-state index is 11.6. The Kier molecular flexibility index (Phi) is 4.52. The third-order valence-electron chi connectivity index (χ3n) is 2.81. The zero-order valence-corrected chi connectivity index (χ0v) is 9.77. The minimum Gasteiger partial charge on any atom is -0.480 e. The zero-order valence-electron chi connectivity index (χ0n) is 9.77. The van der Waals surface area contributed by atoms with Crippen LogP contribution in [0.2, 0.25) is 0 Å². The first-order valence-electron chi connectivity index (χ1n) is 5.69. The van der Waals surface area contributed by atoms with Gasteiger partial charge in [-0.05, 0) is 24.7 Å². The van der Waals surface area contributed by atoms with E-state index < -0.39 is 12.0 Å². The Morgan fingerprint density at radius 1 is 1.50 bits per heavy atom. The summed E-state index contributed by atoms with van der Waals surface area (Å²) in [4.78, 5) is 22.5. The normalized spacial score (nSPS) is 21.1. The molecule has 4 heteroatoms. The van der Waals surface area contributed by atoms with Crippen LogP contribution >= 0.6 is 0 Å². The van der Waals surface area contributed by atoms with E-state index in [2.05, 4.69) is 11.4 Å². The summed E-state index contributed by atoms with van der Waals surface area (Å²) in [6.45, 7) is 3.57. The van der Waals surface area contributed by atoms with Gasteiger partial charge in [0.25, 0.3) is 0 Å². The molecule has 2 N–H and O–H groups in total. The van der Waals surface area contributed by atoms with Crippen molar-refractivity contribution < 1.29 is 14.7 Å². The van der Waals surface area contributed by atoms with E-state index in [0.717, 1.165) is 12.8 Å².